The van der Waals surface area contributed by atoms with Crippen molar-refractivity contribution in [3.63, 3.8) is 0 Å². The van der Waals surface area contributed by atoms with E-state index in [1.807, 2.05) is 58.9 Å². The SMILES string of the molecule is Cc1ccc(-n2c(S[C@@H](C)C(=O)NCc3ccco3)nc3sc(C)c(C)c3c2=O)c(C)c1. The van der Waals surface area contributed by atoms with E-state index in [-0.39, 0.29) is 11.5 Å². The fourth-order valence-electron chi connectivity index (χ4n) is 3.57. The van der Waals surface area contributed by atoms with Gasteiger partial charge in [0.15, 0.2) is 5.16 Å². The maximum Gasteiger partial charge on any atom is 0.267 e. The number of fused-ring (bicyclic) bond motifs is 1. The summed E-state index contributed by atoms with van der Waals surface area (Å²) < 4.78 is 6.93. The maximum atomic E-state index is 13.7. The number of thiophene rings is 1. The highest BCUT2D eigenvalue weighted by Gasteiger charge is 2.23. The molecule has 0 aliphatic carbocycles. The number of amides is 1. The number of hydrogen-bond donors (Lipinski definition) is 1. The molecule has 3 heterocycles. The number of carbonyl (C=O) groups is 1. The average molecular weight is 468 g/mol. The molecule has 166 valence electrons. The predicted octanol–water partition coefficient (Wildman–Crippen LogP) is 5.07. The van der Waals surface area contributed by atoms with E-state index in [9.17, 15) is 9.59 Å². The molecule has 1 N–H and O–H groups in total. The molecule has 0 spiro atoms. The van der Waals surface area contributed by atoms with Crippen molar-refractivity contribution in [3.05, 3.63) is 74.3 Å². The van der Waals surface area contributed by atoms with Gasteiger partial charge in [-0.15, -0.1) is 11.3 Å². The molecule has 8 heteroatoms. The second-order valence-electron chi connectivity index (χ2n) is 7.85. The number of benzene rings is 1. The first-order valence-electron chi connectivity index (χ1n) is 10.3. The van der Waals surface area contributed by atoms with Gasteiger partial charge in [0.2, 0.25) is 5.91 Å². The number of furan rings is 1. The zero-order chi connectivity index (χ0) is 23.0. The third kappa shape index (κ3) is 4.25. The highest BCUT2D eigenvalue weighted by atomic mass is 32.2. The highest BCUT2D eigenvalue weighted by Crippen LogP contribution is 2.31. The minimum atomic E-state index is -0.450. The highest BCUT2D eigenvalue weighted by molar-refractivity contribution is 8.00. The molecule has 1 atom stereocenters. The smallest absolute Gasteiger partial charge is 0.267 e. The molecule has 0 aliphatic rings. The van der Waals surface area contributed by atoms with Crippen LogP contribution in [0.2, 0.25) is 0 Å². The van der Waals surface area contributed by atoms with Crippen LogP contribution in [0, 0.1) is 27.7 Å². The Kier molecular flexibility index (Phi) is 6.26. The molecule has 0 saturated heterocycles. The first-order chi connectivity index (χ1) is 15.3. The molecule has 3 aromatic heterocycles. The number of carbonyl (C=O) groups excluding carboxylic acids is 1. The minimum absolute atomic E-state index is 0.102. The van der Waals surface area contributed by atoms with Gasteiger partial charge in [0.05, 0.1) is 29.1 Å². The van der Waals surface area contributed by atoms with Crippen molar-refractivity contribution in [2.45, 2.75) is 51.6 Å². The summed E-state index contributed by atoms with van der Waals surface area (Å²) in [5, 5.41) is 3.59. The van der Waals surface area contributed by atoms with Gasteiger partial charge in [0.1, 0.15) is 10.6 Å². The molecular formula is C24H25N3O3S2. The van der Waals surface area contributed by atoms with Gasteiger partial charge in [-0.05, 0) is 63.9 Å². The Morgan fingerprint density at radius 3 is 2.72 bits per heavy atom. The second kappa shape index (κ2) is 8.96. The molecule has 32 heavy (non-hydrogen) atoms. The van der Waals surface area contributed by atoms with E-state index in [1.165, 1.54) is 23.1 Å². The van der Waals surface area contributed by atoms with Crippen LogP contribution in [-0.4, -0.2) is 20.7 Å². The number of nitrogens with one attached hydrogen (secondary N) is 1. The van der Waals surface area contributed by atoms with E-state index < -0.39 is 5.25 Å². The Morgan fingerprint density at radius 2 is 2.03 bits per heavy atom. The van der Waals surface area contributed by atoms with Gasteiger partial charge >= 0.3 is 0 Å². The van der Waals surface area contributed by atoms with Crippen LogP contribution < -0.4 is 10.9 Å². The molecule has 6 nitrogen and oxygen atoms in total. The van der Waals surface area contributed by atoms with Gasteiger partial charge in [0.25, 0.3) is 5.56 Å². The molecule has 1 aromatic carbocycles. The number of hydrogen-bond acceptors (Lipinski definition) is 6. The number of nitrogens with zero attached hydrogens (tertiary/aromatic N) is 2. The summed E-state index contributed by atoms with van der Waals surface area (Å²) in [6, 6.07) is 9.57. The summed E-state index contributed by atoms with van der Waals surface area (Å²) >= 11 is 2.79. The van der Waals surface area contributed by atoms with Crippen molar-refractivity contribution in [2.24, 2.45) is 0 Å². The summed E-state index contributed by atoms with van der Waals surface area (Å²) in [7, 11) is 0. The van der Waals surface area contributed by atoms with E-state index in [0.717, 1.165) is 27.3 Å². The summed E-state index contributed by atoms with van der Waals surface area (Å²) in [6.45, 7) is 10.1. The number of thioether (sulfide) groups is 1. The van der Waals surface area contributed by atoms with Gasteiger partial charge in [0, 0.05) is 4.88 Å². The van der Waals surface area contributed by atoms with Crippen molar-refractivity contribution < 1.29 is 9.21 Å². The molecule has 0 fully saturated rings. The van der Waals surface area contributed by atoms with Crippen molar-refractivity contribution in [1.82, 2.24) is 14.9 Å². The van der Waals surface area contributed by atoms with Crippen LogP contribution in [0.15, 0.2) is 51.0 Å². The standard InChI is InChI=1S/C24H25N3O3S2/c1-13-8-9-19(14(2)11-13)27-23(29)20-15(3)16(4)31-22(20)26-24(27)32-17(5)21(28)25-12-18-7-6-10-30-18/h6-11,17H,12H2,1-5H3,(H,25,28)/t17-/m0/s1. The quantitative estimate of drug-likeness (QED) is 0.316. The Bertz CT molecular complexity index is 1350. The maximum absolute atomic E-state index is 13.7. The zero-order valence-electron chi connectivity index (χ0n) is 18.7. The van der Waals surface area contributed by atoms with Gasteiger partial charge in [-0.2, -0.15) is 0 Å². The Morgan fingerprint density at radius 1 is 1.25 bits per heavy atom. The van der Waals surface area contributed by atoms with E-state index in [1.54, 1.807) is 16.9 Å². The van der Waals surface area contributed by atoms with Crippen molar-refractivity contribution in [2.75, 3.05) is 0 Å². The lowest BCUT2D eigenvalue weighted by molar-refractivity contribution is -0.120. The van der Waals surface area contributed by atoms with Gasteiger partial charge in [-0.3, -0.25) is 14.2 Å². The lowest BCUT2D eigenvalue weighted by Gasteiger charge is -2.17. The van der Waals surface area contributed by atoms with E-state index in [0.29, 0.717) is 27.7 Å². The minimum Gasteiger partial charge on any atom is -0.467 e. The number of rotatable bonds is 6. The Hall–Kier alpha value is -2.84. The normalized spacial score (nSPS) is 12.3. The van der Waals surface area contributed by atoms with Crippen LogP contribution in [0.3, 0.4) is 0 Å². The second-order valence-corrected chi connectivity index (χ2v) is 10.4. The topological polar surface area (TPSA) is 77.1 Å². The van der Waals surface area contributed by atoms with Crippen LogP contribution >= 0.6 is 23.1 Å². The predicted molar refractivity (Wildman–Crippen MR) is 130 cm³/mol. The lowest BCUT2D eigenvalue weighted by Crippen LogP contribution is -2.31. The molecule has 0 radical (unpaired) electrons. The van der Waals surface area contributed by atoms with Crippen LogP contribution in [0.5, 0.6) is 0 Å². The van der Waals surface area contributed by atoms with Gasteiger partial charge in [-0.25, -0.2) is 4.98 Å². The molecule has 4 rings (SSSR count). The van der Waals surface area contributed by atoms with Crippen molar-refractivity contribution in [1.29, 1.82) is 0 Å². The largest absolute Gasteiger partial charge is 0.467 e. The fourth-order valence-corrected chi connectivity index (χ4v) is 5.58. The van der Waals surface area contributed by atoms with E-state index in [4.69, 9.17) is 9.40 Å². The number of aryl methyl sites for hydroxylation is 4. The Labute approximate surface area is 194 Å². The zero-order valence-corrected chi connectivity index (χ0v) is 20.3. The molecule has 4 aromatic rings. The molecule has 1 amide bonds. The van der Waals surface area contributed by atoms with Gasteiger partial charge < -0.3 is 9.73 Å². The molecule has 0 aliphatic heterocycles. The summed E-state index contributed by atoms with van der Waals surface area (Å²) in [4.78, 5) is 33.0. The van der Waals surface area contributed by atoms with Crippen LogP contribution in [0.1, 0.15) is 34.3 Å². The first kappa shape index (κ1) is 22.4. The van der Waals surface area contributed by atoms with Crippen LogP contribution in [0.25, 0.3) is 15.9 Å². The third-order valence-corrected chi connectivity index (χ3v) is 7.59. The summed E-state index contributed by atoms with van der Waals surface area (Å²) in [5.41, 5.74) is 3.74. The van der Waals surface area contributed by atoms with E-state index in [2.05, 4.69) is 5.32 Å². The van der Waals surface area contributed by atoms with Crippen LogP contribution in [-0.2, 0) is 11.3 Å². The first-order valence-corrected chi connectivity index (χ1v) is 12.0. The van der Waals surface area contributed by atoms with Crippen molar-refractivity contribution in [3.8, 4) is 5.69 Å². The fraction of sp³-hybridized carbons (Fsp3) is 0.292. The summed E-state index contributed by atoms with van der Waals surface area (Å²) in [5.74, 6) is 0.540. The number of aromatic nitrogens is 2. The molecule has 0 bridgehead atoms. The summed E-state index contributed by atoms with van der Waals surface area (Å²) in [6.07, 6.45) is 1.58. The third-order valence-electron chi connectivity index (χ3n) is 5.43. The monoisotopic (exact) mass is 467 g/mol. The molecule has 0 unspecified atom stereocenters. The molecular weight excluding hydrogens is 442 g/mol. The average Bonchev–Trinajstić information content (AvgIpc) is 3.35. The molecule has 0 saturated carbocycles. The lowest BCUT2D eigenvalue weighted by atomic mass is 10.1. The van der Waals surface area contributed by atoms with Crippen molar-refractivity contribution >= 4 is 39.2 Å². The Balaban J connectivity index is 1.75. The van der Waals surface area contributed by atoms with Gasteiger partial charge in [-0.1, -0.05) is 29.5 Å². The van der Waals surface area contributed by atoms with Crippen LogP contribution in [0.4, 0.5) is 0 Å². The van der Waals surface area contributed by atoms with E-state index >= 15 is 0 Å².